The number of carbonyl (C=O) groups is 1. The molecule has 25 heavy (non-hydrogen) atoms. The molecule has 2 aromatic rings. The molecule has 5 heteroatoms. The van der Waals surface area contributed by atoms with Crippen LogP contribution in [0, 0.1) is 0 Å². The fraction of sp³-hybridized carbons (Fsp3) is 0.300. The normalized spacial score (nSPS) is 15.7. The maximum atomic E-state index is 11.7. The zero-order valence-electron chi connectivity index (χ0n) is 14.0. The van der Waals surface area contributed by atoms with E-state index in [9.17, 15) is 9.90 Å². The number of fused-ring (bicyclic) bond motifs is 1. The number of esters is 1. The van der Waals surface area contributed by atoms with Crippen molar-refractivity contribution in [3.63, 3.8) is 0 Å². The first-order valence-corrected chi connectivity index (χ1v) is 8.43. The molecule has 1 N–H and O–H groups in total. The van der Waals surface area contributed by atoms with E-state index in [1.165, 1.54) is 17.2 Å². The van der Waals surface area contributed by atoms with Gasteiger partial charge < -0.3 is 9.84 Å². The molecule has 1 atom stereocenters. The quantitative estimate of drug-likeness (QED) is 0.645. The van der Waals surface area contributed by atoms with Crippen LogP contribution in [0.2, 0.25) is 0 Å². The van der Waals surface area contributed by atoms with Crippen LogP contribution < -0.4 is 0 Å². The molecule has 0 radical (unpaired) electrons. The van der Waals surface area contributed by atoms with Gasteiger partial charge in [0.2, 0.25) is 0 Å². The van der Waals surface area contributed by atoms with Gasteiger partial charge in [-0.15, -0.1) is 0 Å². The van der Waals surface area contributed by atoms with Gasteiger partial charge in [0.25, 0.3) is 0 Å². The van der Waals surface area contributed by atoms with Gasteiger partial charge in [0, 0.05) is 38.1 Å². The van der Waals surface area contributed by atoms with Crippen LogP contribution in [-0.2, 0) is 22.5 Å². The number of pyridine rings is 1. The number of aliphatic hydroxyl groups excluding tert-OH is 1. The molecule has 0 amide bonds. The maximum Gasteiger partial charge on any atom is 0.330 e. The van der Waals surface area contributed by atoms with Crippen LogP contribution in [0.1, 0.15) is 16.7 Å². The molecule has 1 aromatic carbocycles. The number of aromatic nitrogens is 1. The number of β-amino-alcohol motifs (C(OH)–C–C–N with tert-alkyl or cyclic N) is 1. The van der Waals surface area contributed by atoms with E-state index in [-0.39, 0.29) is 6.61 Å². The van der Waals surface area contributed by atoms with Gasteiger partial charge >= 0.3 is 5.97 Å². The Balaban J connectivity index is 1.42. The summed E-state index contributed by atoms with van der Waals surface area (Å²) in [5, 5.41) is 10.1. The zero-order chi connectivity index (χ0) is 17.5. The predicted molar refractivity (Wildman–Crippen MR) is 95.7 cm³/mol. The number of ether oxygens (including phenoxy) is 1. The lowest BCUT2D eigenvalue weighted by Gasteiger charge is -2.30. The largest absolute Gasteiger partial charge is 0.460 e. The number of hydrogen-bond acceptors (Lipinski definition) is 5. The van der Waals surface area contributed by atoms with Gasteiger partial charge in [-0.2, -0.15) is 0 Å². The first-order valence-electron chi connectivity index (χ1n) is 8.43. The van der Waals surface area contributed by atoms with Crippen LogP contribution in [-0.4, -0.2) is 46.8 Å². The van der Waals surface area contributed by atoms with Crippen molar-refractivity contribution in [3.05, 3.63) is 71.6 Å². The molecule has 1 aliphatic heterocycles. The molecule has 2 heterocycles. The Kier molecular flexibility index (Phi) is 5.93. The summed E-state index contributed by atoms with van der Waals surface area (Å²) in [4.78, 5) is 17.9. The minimum atomic E-state index is -0.694. The number of benzene rings is 1. The summed E-state index contributed by atoms with van der Waals surface area (Å²) in [7, 11) is 0. The summed E-state index contributed by atoms with van der Waals surface area (Å²) in [6.07, 6.45) is 6.61. The summed E-state index contributed by atoms with van der Waals surface area (Å²) in [5.41, 5.74) is 3.50. The molecule has 0 aliphatic carbocycles. The highest BCUT2D eigenvalue weighted by atomic mass is 16.5. The molecule has 1 aromatic heterocycles. The van der Waals surface area contributed by atoms with E-state index in [1.807, 2.05) is 12.1 Å². The van der Waals surface area contributed by atoms with Crippen molar-refractivity contribution in [2.24, 2.45) is 0 Å². The first kappa shape index (κ1) is 17.3. The SMILES string of the molecule is O=C(C=Cc1cccnc1)OCC(O)CN1CCc2ccccc2C1. The highest BCUT2D eigenvalue weighted by Gasteiger charge is 2.18. The van der Waals surface area contributed by atoms with Gasteiger partial charge in [-0.3, -0.25) is 9.88 Å². The number of nitrogens with zero attached hydrogens (tertiary/aromatic N) is 2. The molecule has 0 saturated heterocycles. The Labute approximate surface area is 147 Å². The summed E-state index contributed by atoms with van der Waals surface area (Å²) >= 11 is 0. The summed E-state index contributed by atoms with van der Waals surface area (Å²) in [6, 6.07) is 12.0. The van der Waals surface area contributed by atoms with Crippen molar-refractivity contribution >= 4 is 12.0 Å². The molecule has 1 unspecified atom stereocenters. The van der Waals surface area contributed by atoms with Crippen molar-refractivity contribution in [2.75, 3.05) is 19.7 Å². The third kappa shape index (κ3) is 5.24. The predicted octanol–water partition coefficient (Wildman–Crippen LogP) is 2.06. The second-order valence-electron chi connectivity index (χ2n) is 6.16. The van der Waals surface area contributed by atoms with Gasteiger partial charge in [0.05, 0.1) is 0 Å². The Morgan fingerprint density at radius 1 is 1.28 bits per heavy atom. The minimum Gasteiger partial charge on any atom is -0.460 e. The first-order chi connectivity index (χ1) is 12.2. The third-order valence-electron chi connectivity index (χ3n) is 4.19. The standard InChI is InChI=1S/C20H22N2O3/c23-19(14-22-11-9-17-5-1-2-6-18(17)13-22)15-25-20(24)8-7-16-4-3-10-21-12-16/h1-8,10,12,19,23H,9,11,13-15H2. The van der Waals surface area contributed by atoms with E-state index in [0.717, 1.165) is 25.1 Å². The van der Waals surface area contributed by atoms with Gasteiger partial charge in [-0.05, 0) is 35.3 Å². The third-order valence-corrected chi connectivity index (χ3v) is 4.19. The van der Waals surface area contributed by atoms with Crippen LogP contribution >= 0.6 is 0 Å². The van der Waals surface area contributed by atoms with E-state index in [0.29, 0.717) is 6.54 Å². The lowest BCUT2D eigenvalue weighted by Crippen LogP contribution is -2.38. The molecule has 3 rings (SSSR count). The average Bonchev–Trinajstić information content (AvgIpc) is 2.65. The monoisotopic (exact) mass is 338 g/mol. The fourth-order valence-corrected chi connectivity index (χ4v) is 2.93. The second-order valence-corrected chi connectivity index (χ2v) is 6.16. The number of carbonyl (C=O) groups excluding carboxylic acids is 1. The van der Waals surface area contributed by atoms with Crippen LogP contribution in [0.25, 0.3) is 6.08 Å². The van der Waals surface area contributed by atoms with Crippen LogP contribution in [0.4, 0.5) is 0 Å². The van der Waals surface area contributed by atoms with Crippen molar-refractivity contribution in [2.45, 2.75) is 19.1 Å². The Bertz CT molecular complexity index is 731. The van der Waals surface area contributed by atoms with Gasteiger partial charge in [-0.1, -0.05) is 30.3 Å². The molecule has 0 fully saturated rings. The van der Waals surface area contributed by atoms with Gasteiger partial charge in [0.1, 0.15) is 12.7 Å². The summed E-state index contributed by atoms with van der Waals surface area (Å²) in [6.45, 7) is 2.22. The van der Waals surface area contributed by atoms with Crippen LogP contribution in [0.5, 0.6) is 0 Å². The van der Waals surface area contributed by atoms with E-state index in [1.54, 1.807) is 24.5 Å². The molecule has 0 spiro atoms. The maximum absolute atomic E-state index is 11.7. The molecule has 5 nitrogen and oxygen atoms in total. The van der Waals surface area contributed by atoms with E-state index in [4.69, 9.17) is 4.74 Å². The Morgan fingerprint density at radius 3 is 2.92 bits per heavy atom. The Morgan fingerprint density at radius 2 is 2.12 bits per heavy atom. The van der Waals surface area contributed by atoms with Crippen molar-refractivity contribution < 1.29 is 14.6 Å². The summed E-state index contributed by atoms with van der Waals surface area (Å²) in [5.74, 6) is -0.466. The molecule has 1 aliphatic rings. The van der Waals surface area contributed by atoms with E-state index >= 15 is 0 Å². The topological polar surface area (TPSA) is 62.7 Å². The smallest absolute Gasteiger partial charge is 0.330 e. The molecular weight excluding hydrogens is 316 g/mol. The van der Waals surface area contributed by atoms with Crippen molar-refractivity contribution in [3.8, 4) is 0 Å². The lowest BCUT2D eigenvalue weighted by molar-refractivity contribution is -0.141. The van der Waals surface area contributed by atoms with Crippen LogP contribution in [0.3, 0.4) is 0 Å². The highest BCUT2D eigenvalue weighted by Crippen LogP contribution is 2.18. The molecular formula is C20H22N2O3. The summed E-state index contributed by atoms with van der Waals surface area (Å²) < 4.78 is 5.11. The van der Waals surface area contributed by atoms with Gasteiger partial charge in [0.15, 0.2) is 0 Å². The fourth-order valence-electron chi connectivity index (χ4n) is 2.93. The van der Waals surface area contributed by atoms with Crippen LogP contribution in [0.15, 0.2) is 54.9 Å². The molecule has 0 bridgehead atoms. The van der Waals surface area contributed by atoms with Gasteiger partial charge in [-0.25, -0.2) is 4.79 Å². The number of rotatable bonds is 6. The number of hydrogen-bond donors (Lipinski definition) is 1. The van der Waals surface area contributed by atoms with E-state index < -0.39 is 12.1 Å². The molecule has 130 valence electrons. The lowest BCUT2D eigenvalue weighted by atomic mass is 10.00. The highest BCUT2D eigenvalue weighted by molar-refractivity contribution is 5.86. The average molecular weight is 338 g/mol. The second kappa shape index (κ2) is 8.55. The Hall–Kier alpha value is -2.50. The van der Waals surface area contributed by atoms with Crippen molar-refractivity contribution in [1.29, 1.82) is 0 Å². The van der Waals surface area contributed by atoms with Crippen molar-refractivity contribution in [1.82, 2.24) is 9.88 Å². The number of aliphatic hydroxyl groups is 1. The zero-order valence-corrected chi connectivity index (χ0v) is 14.0. The minimum absolute atomic E-state index is 0.00560. The molecule has 0 saturated carbocycles. The van der Waals surface area contributed by atoms with E-state index in [2.05, 4.69) is 28.1 Å².